The predicted octanol–water partition coefficient (Wildman–Crippen LogP) is 4.76. The van der Waals surface area contributed by atoms with Crippen molar-refractivity contribution in [1.82, 2.24) is 14.7 Å². The largest absolute Gasteiger partial charge is 0.493 e. The fourth-order valence-electron chi connectivity index (χ4n) is 3.54. The van der Waals surface area contributed by atoms with Gasteiger partial charge < -0.3 is 14.8 Å². The molecule has 1 aliphatic rings. The molecular weight excluding hydrogens is 404 g/mol. The summed E-state index contributed by atoms with van der Waals surface area (Å²) < 4.78 is 13.5. The fourth-order valence-corrected chi connectivity index (χ4v) is 4.56. The molecule has 2 heterocycles. The summed E-state index contributed by atoms with van der Waals surface area (Å²) in [4.78, 5) is 2.35. The van der Waals surface area contributed by atoms with E-state index in [-0.39, 0.29) is 0 Å². The van der Waals surface area contributed by atoms with Gasteiger partial charge in [0.2, 0.25) is 5.13 Å². The maximum absolute atomic E-state index is 5.55. The summed E-state index contributed by atoms with van der Waals surface area (Å²) >= 11 is 7.04. The Morgan fingerprint density at radius 3 is 2.62 bits per heavy atom. The molecule has 0 aliphatic carbocycles. The van der Waals surface area contributed by atoms with Crippen molar-refractivity contribution in [3.8, 4) is 11.5 Å². The Morgan fingerprint density at radius 2 is 1.90 bits per heavy atom. The zero-order valence-corrected chi connectivity index (χ0v) is 18.4. The number of ether oxygens (including phenoxy) is 2. The molecule has 4 rings (SSSR count). The van der Waals surface area contributed by atoms with Crippen LogP contribution in [0.4, 0.5) is 10.8 Å². The molecule has 29 heavy (non-hydrogen) atoms. The van der Waals surface area contributed by atoms with Crippen molar-refractivity contribution in [1.29, 1.82) is 0 Å². The first-order chi connectivity index (χ1) is 14.1. The second-order valence-electron chi connectivity index (χ2n) is 7.09. The van der Waals surface area contributed by atoms with Crippen molar-refractivity contribution >= 4 is 34.4 Å². The van der Waals surface area contributed by atoms with Crippen molar-refractivity contribution in [2.75, 3.05) is 26.1 Å². The number of fused-ring (bicyclic) bond motifs is 1. The number of hydrogen-bond acceptors (Lipinski definition) is 7. The van der Waals surface area contributed by atoms with Crippen LogP contribution in [-0.2, 0) is 19.6 Å². The van der Waals surface area contributed by atoms with Gasteiger partial charge in [0.15, 0.2) is 15.5 Å². The lowest BCUT2D eigenvalue weighted by molar-refractivity contribution is 0.188. The highest BCUT2D eigenvalue weighted by Crippen LogP contribution is 2.33. The molecule has 0 spiro atoms. The van der Waals surface area contributed by atoms with Gasteiger partial charge in [-0.25, -0.2) is 4.68 Å². The van der Waals surface area contributed by atoms with Crippen LogP contribution in [0.2, 0.25) is 0 Å². The molecule has 1 N–H and O–H groups in total. The number of nitrogens with zero attached hydrogens (tertiary/aromatic N) is 3. The zero-order valence-electron chi connectivity index (χ0n) is 16.8. The Hall–Kier alpha value is -2.42. The van der Waals surface area contributed by atoms with Crippen molar-refractivity contribution < 1.29 is 9.47 Å². The molecule has 152 valence electrons. The highest BCUT2D eigenvalue weighted by atomic mass is 32.1. The number of benzene rings is 2. The molecule has 0 saturated heterocycles. The van der Waals surface area contributed by atoms with Crippen LogP contribution in [-0.4, -0.2) is 35.4 Å². The Bertz CT molecular complexity index is 1080. The average molecular weight is 429 g/mol. The summed E-state index contributed by atoms with van der Waals surface area (Å²) in [7, 11) is 3.34. The number of hydrogen-bond donors (Lipinski definition) is 1. The van der Waals surface area contributed by atoms with E-state index in [1.165, 1.54) is 28.0 Å². The number of aryl methyl sites for hydroxylation is 1. The van der Waals surface area contributed by atoms with Crippen LogP contribution in [0.25, 0.3) is 0 Å². The molecule has 8 heteroatoms. The quantitative estimate of drug-likeness (QED) is 0.572. The minimum atomic E-state index is 0.665. The van der Waals surface area contributed by atoms with E-state index in [9.17, 15) is 0 Å². The van der Waals surface area contributed by atoms with Crippen LogP contribution in [0.5, 0.6) is 11.5 Å². The molecule has 0 radical (unpaired) electrons. The highest BCUT2D eigenvalue weighted by Gasteiger charge is 2.20. The van der Waals surface area contributed by atoms with Gasteiger partial charge in [0.25, 0.3) is 0 Å². The summed E-state index contributed by atoms with van der Waals surface area (Å²) in [5.74, 6) is 1.55. The topological polar surface area (TPSA) is 51.6 Å². The first-order valence-corrected chi connectivity index (χ1v) is 10.7. The van der Waals surface area contributed by atoms with E-state index in [2.05, 4.69) is 46.5 Å². The third-order valence-electron chi connectivity index (χ3n) is 5.01. The normalized spacial score (nSPS) is 13.8. The Kier molecular flexibility index (Phi) is 5.84. The van der Waals surface area contributed by atoms with Gasteiger partial charge in [-0.3, -0.25) is 4.90 Å². The second kappa shape index (κ2) is 8.52. The predicted molar refractivity (Wildman–Crippen MR) is 119 cm³/mol. The SMILES string of the molecule is COc1cc2c(cc1OC)CN(Cn1nc(Nc3cccc(C)c3)sc1=S)CC2. The Balaban J connectivity index is 1.48. The summed E-state index contributed by atoms with van der Waals surface area (Å²) in [5, 5.41) is 8.85. The maximum atomic E-state index is 5.55. The third kappa shape index (κ3) is 4.44. The van der Waals surface area contributed by atoms with Gasteiger partial charge in [-0.1, -0.05) is 23.5 Å². The molecule has 3 aromatic rings. The van der Waals surface area contributed by atoms with Gasteiger partial charge in [-0.2, -0.15) is 0 Å². The third-order valence-corrected chi connectivity index (χ3v) is 6.23. The maximum Gasteiger partial charge on any atom is 0.209 e. The van der Waals surface area contributed by atoms with Gasteiger partial charge in [0.1, 0.15) is 0 Å². The molecule has 2 aromatic carbocycles. The lowest BCUT2D eigenvalue weighted by Gasteiger charge is -2.29. The number of nitrogens with one attached hydrogen (secondary N) is 1. The standard InChI is InChI=1S/C21H24N4O2S2/c1-14-5-4-6-17(9-14)22-20-23-25(21(28)29-20)13-24-8-7-15-10-18(26-2)19(27-3)11-16(15)12-24/h4-6,9-11H,7-8,12-13H2,1-3H3,(H,22,23). The molecule has 6 nitrogen and oxygen atoms in total. The van der Waals surface area contributed by atoms with Gasteiger partial charge in [0, 0.05) is 18.8 Å². The smallest absolute Gasteiger partial charge is 0.209 e. The molecule has 1 aromatic heterocycles. The van der Waals surface area contributed by atoms with Crippen molar-refractivity contribution in [3.63, 3.8) is 0 Å². The summed E-state index contributed by atoms with van der Waals surface area (Å²) in [6.07, 6.45) is 0.960. The molecule has 0 unspecified atom stereocenters. The minimum absolute atomic E-state index is 0.665. The van der Waals surface area contributed by atoms with Gasteiger partial charge in [0.05, 0.1) is 20.9 Å². The number of rotatable bonds is 6. The monoisotopic (exact) mass is 428 g/mol. The van der Waals surface area contributed by atoms with Crippen LogP contribution in [0.1, 0.15) is 16.7 Å². The summed E-state index contributed by atoms with van der Waals surface area (Å²) in [6, 6.07) is 12.4. The summed E-state index contributed by atoms with van der Waals surface area (Å²) in [5.41, 5.74) is 4.79. The number of anilines is 2. The van der Waals surface area contributed by atoms with Crippen LogP contribution in [0, 0.1) is 10.9 Å². The van der Waals surface area contributed by atoms with Crippen LogP contribution < -0.4 is 14.8 Å². The van der Waals surface area contributed by atoms with E-state index in [0.29, 0.717) is 6.67 Å². The van der Waals surface area contributed by atoms with Gasteiger partial charge in [-0.05, 0) is 66.5 Å². The summed E-state index contributed by atoms with van der Waals surface area (Å²) in [6.45, 7) is 4.52. The molecule has 0 saturated carbocycles. The molecule has 0 amide bonds. The van der Waals surface area contributed by atoms with Crippen molar-refractivity contribution in [2.45, 2.75) is 26.6 Å². The molecule has 1 aliphatic heterocycles. The zero-order chi connectivity index (χ0) is 20.4. The molecule has 0 bridgehead atoms. The van der Waals surface area contributed by atoms with Crippen LogP contribution in [0.15, 0.2) is 36.4 Å². The van der Waals surface area contributed by atoms with E-state index >= 15 is 0 Å². The fraction of sp³-hybridized carbons (Fsp3) is 0.333. The molecule has 0 fully saturated rings. The number of aromatic nitrogens is 2. The first kappa shape index (κ1) is 19.9. The average Bonchev–Trinajstić information content (AvgIpc) is 3.05. The van der Waals surface area contributed by atoms with Gasteiger partial charge in [-0.15, -0.1) is 5.10 Å². The lowest BCUT2D eigenvalue weighted by atomic mass is 9.99. The Labute approximate surface area is 179 Å². The molecular formula is C21H24N4O2S2. The van der Waals surface area contributed by atoms with E-state index in [4.69, 9.17) is 21.7 Å². The first-order valence-electron chi connectivity index (χ1n) is 9.43. The van der Waals surface area contributed by atoms with E-state index < -0.39 is 0 Å². The van der Waals surface area contributed by atoms with Crippen LogP contribution in [0.3, 0.4) is 0 Å². The molecule has 0 atom stereocenters. The lowest BCUT2D eigenvalue weighted by Crippen LogP contribution is -2.32. The minimum Gasteiger partial charge on any atom is -0.493 e. The van der Waals surface area contributed by atoms with E-state index in [0.717, 1.165) is 45.8 Å². The Morgan fingerprint density at radius 1 is 1.14 bits per heavy atom. The second-order valence-corrected chi connectivity index (χ2v) is 8.71. The van der Waals surface area contributed by atoms with Crippen LogP contribution >= 0.6 is 23.6 Å². The van der Waals surface area contributed by atoms with Crippen molar-refractivity contribution in [2.24, 2.45) is 0 Å². The van der Waals surface area contributed by atoms with E-state index in [1.54, 1.807) is 14.2 Å². The van der Waals surface area contributed by atoms with Crippen molar-refractivity contribution in [3.05, 3.63) is 57.0 Å². The van der Waals surface area contributed by atoms with E-state index in [1.807, 2.05) is 16.8 Å². The highest BCUT2D eigenvalue weighted by molar-refractivity contribution is 7.73. The van der Waals surface area contributed by atoms with Gasteiger partial charge >= 0.3 is 0 Å². The number of methoxy groups -OCH3 is 2.